The minimum Gasteiger partial charge on any atom is -0.456 e. The zero-order valence-corrected chi connectivity index (χ0v) is 15.9. The molecule has 3 aliphatic rings. The van der Waals surface area contributed by atoms with E-state index in [1.165, 1.54) is 25.9 Å². The molecule has 0 spiro atoms. The number of carbonyl (C=O) groups excluding carboxylic acids is 1. The zero-order valence-electron chi connectivity index (χ0n) is 13.5. The van der Waals surface area contributed by atoms with Crippen LogP contribution in [-0.2, 0) is 9.53 Å². The summed E-state index contributed by atoms with van der Waals surface area (Å²) in [6, 6.07) is 10.0. The molecule has 22 heavy (non-hydrogen) atoms. The first-order chi connectivity index (χ1) is 10.1. The Kier molecular flexibility index (Phi) is 5.88. The third-order valence-corrected chi connectivity index (χ3v) is 5.39. The molecule has 3 saturated heterocycles. The molecule has 1 aromatic carbocycles. The summed E-state index contributed by atoms with van der Waals surface area (Å²) in [6.45, 7) is 5.55. The van der Waals surface area contributed by atoms with Crippen molar-refractivity contribution in [3.8, 4) is 0 Å². The lowest BCUT2D eigenvalue weighted by atomic mass is 9.83. The zero-order chi connectivity index (χ0) is 14.9. The molecule has 4 heteroatoms. The fourth-order valence-corrected chi connectivity index (χ4v) is 3.94. The maximum Gasteiger partial charge on any atom is 0.313 e. The van der Waals surface area contributed by atoms with Crippen LogP contribution in [0.4, 0.5) is 0 Å². The molecule has 4 rings (SSSR count). The Balaban J connectivity index is 0.00000176. The number of ether oxygens (including phenoxy) is 1. The fourth-order valence-electron chi connectivity index (χ4n) is 3.94. The highest BCUT2D eigenvalue weighted by atomic mass is 127. The predicted octanol–water partition coefficient (Wildman–Crippen LogP) is 3.58. The molecule has 2 bridgehead atoms. The van der Waals surface area contributed by atoms with Gasteiger partial charge in [-0.05, 0) is 12.0 Å². The molecule has 3 fully saturated rings. The van der Waals surface area contributed by atoms with Gasteiger partial charge in [-0.15, -0.1) is 24.0 Å². The van der Waals surface area contributed by atoms with E-state index in [0.717, 1.165) is 23.0 Å². The number of rotatable bonds is 4. The number of fused-ring (bicyclic) bond motifs is 3. The molecule has 1 aromatic rings. The number of carbonyl (C=O) groups is 1. The number of esters is 1. The average Bonchev–Trinajstić information content (AvgIpc) is 2.49. The summed E-state index contributed by atoms with van der Waals surface area (Å²) in [6.07, 6.45) is 3.34. The predicted molar refractivity (Wildman–Crippen MR) is 98.3 cm³/mol. The van der Waals surface area contributed by atoms with Crippen LogP contribution in [0.25, 0.3) is 0 Å². The van der Waals surface area contributed by atoms with Gasteiger partial charge < -0.3 is 9.22 Å². The molecular formula is C18H27INO2+. The normalized spacial score (nSPS) is 31.2. The molecule has 122 valence electrons. The van der Waals surface area contributed by atoms with Gasteiger partial charge in [-0.2, -0.15) is 0 Å². The lowest BCUT2D eigenvalue weighted by molar-refractivity contribution is -0.928. The van der Waals surface area contributed by atoms with E-state index in [-0.39, 0.29) is 42.0 Å². The number of benzene rings is 1. The van der Waals surface area contributed by atoms with Crippen molar-refractivity contribution in [3.63, 3.8) is 0 Å². The highest BCUT2D eigenvalue weighted by Crippen LogP contribution is 2.35. The van der Waals surface area contributed by atoms with Gasteiger partial charge in [0.15, 0.2) is 6.10 Å². The maximum absolute atomic E-state index is 12.6. The SMILES string of the molecule is CCC(C(=O)OC1C[N+]2(C)CCC1CC2)c1ccccc1.I. The summed E-state index contributed by atoms with van der Waals surface area (Å²) in [5, 5.41) is 0. The standard InChI is InChI=1S/C18H26NO2.HI/c1-3-16(14-7-5-4-6-8-14)18(20)21-17-13-19(2)11-9-15(17)10-12-19;/h4-8,15-17H,3,9-13H2,1-2H3;1H/q+1;. The van der Waals surface area contributed by atoms with E-state index in [0.29, 0.717) is 5.92 Å². The Morgan fingerprint density at radius 1 is 1.27 bits per heavy atom. The summed E-state index contributed by atoms with van der Waals surface area (Å²) >= 11 is 0. The first kappa shape index (κ1) is 17.7. The van der Waals surface area contributed by atoms with Crippen molar-refractivity contribution >= 4 is 29.9 Å². The minimum atomic E-state index is -0.119. The second-order valence-electron chi connectivity index (χ2n) is 6.93. The number of piperidine rings is 3. The van der Waals surface area contributed by atoms with Gasteiger partial charge in [-0.3, -0.25) is 4.79 Å². The average molecular weight is 416 g/mol. The molecule has 0 radical (unpaired) electrons. The highest BCUT2D eigenvalue weighted by Gasteiger charge is 2.45. The molecule has 0 N–H and O–H groups in total. The maximum atomic E-state index is 12.6. The van der Waals surface area contributed by atoms with Gasteiger partial charge in [0.25, 0.3) is 0 Å². The smallest absolute Gasteiger partial charge is 0.313 e. The van der Waals surface area contributed by atoms with Gasteiger partial charge in [0.2, 0.25) is 0 Å². The van der Waals surface area contributed by atoms with Crippen LogP contribution in [-0.4, -0.2) is 43.2 Å². The largest absolute Gasteiger partial charge is 0.456 e. The van der Waals surface area contributed by atoms with E-state index in [1.54, 1.807) is 0 Å². The quantitative estimate of drug-likeness (QED) is 0.426. The van der Waals surface area contributed by atoms with Crippen molar-refractivity contribution in [2.75, 3.05) is 26.7 Å². The van der Waals surface area contributed by atoms with Crippen LogP contribution in [0.3, 0.4) is 0 Å². The summed E-state index contributed by atoms with van der Waals surface area (Å²) < 4.78 is 7.02. The summed E-state index contributed by atoms with van der Waals surface area (Å²) in [5.41, 5.74) is 1.08. The van der Waals surface area contributed by atoms with Crippen molar-refractivity contribution < 1.29 is 14.0 Å². The summed E-state index contributed by atoms with van der Waals surface area (Å²) in [7, 11) is 2.30. The highest BCUT2D eigenvalue weighted by molar-refractivity contribution is 14.0. The van der Waals surface area contributed by atoms with Gasteiger partial charge in [-0.25, -0.2) is 0 Å². The molecule has 0 aliphatic carbocycles. The topological polar surface area (TPSA) is 26.3 Å². The van der Waals surface area contributed by atoms with Crippen molar-refractivity contribution in [3.05, 3.63) is 35.9 Å². The molecule has 3 aliphatic heterocycles. The van der Waals surface area contributed by atoms with E-state index in [1.807, 2.05) is 30.3 Å². The van der Waals surface area contributed by atoms with Crippen molar-refractivity contribution in [2.24, 2.45) is 5.92 Å². The second-order valence-corrected chi connectivity index (χ2v) is 6.93. The Hall–Kier alpha value is -0.620. The fraction of sp³-hybridized carbons (Fsp3) is 0.611. The number of nitrogens with zero attached hydrogens (tertiary/aromatic N) is 1. The van der Waals surface area contributed by atoms with Gasteiger partial charge in [-0.1, -0.05) is 37.3 Å². The van der Waals surface area contributed by atoms with Crippen LogP contribution < -0.4 is 0 Å². The van der Waals surface area contributed by atoms with E-state index in [9.17, 15) is 4.79 Å². The van der Waals surface area contributed by atoms with Gasteiger partial charge in [0.05, 0.1) is 26.1 Å². The van der Waals surface area contributed by atoms with Crippen molar-refractivity contribution in [1.29, 1.82) is 0 Å². The monoisotopic (exact) mass is 416 g/mol. The van der Waals surface area contributed by atoms with Crippen LogP contribution in [0.5, 0.6) is 0 Å². The number of hydrogen-bond donors (Lipinski definition) is 0. The molecule has 2 unspecified atom stereocenters. The third kappa shape index (κ3) is 3.65. The van der Waals surface area contributed by atoms with Crippen LogP contribution in [0, 0.1) is 5.92 Å². The summed E-state index contributed by atoms with van der Waals surface area (Å²) in [5.74, 6) is 0.434. The number of likely N-dealkylation sites (N-methyl/N-ethyl adjacent to an activating group) is 1. The van der Waals surface area contributed by atoms with Gasteiger partial charge in [0, 0.05) is 18.8 Å². The van der Waals surface area contributed by atoms with E-state index >= 15 is 0 Å². The van der Waals surface area contributed by atoms with E-state index < -0.39 is 0 Å². The molecule has 2 atom stereocenters. The lowest BCUT2D eigenvalue weighted by Gasteiger charge is -2.49. The Bertz CT molecular complexity index is 497. The Labute approximate surface area is 150 Å². The molecule has 0 saturated carbocycles. The lowest BCUT2D eigenvalue weighted by Crippen LogP contribution is -2.62. The molecule has 3 nitrogen and oxygen atoms in total. The van der Waals surface area contributed by atoms with Crippen LogP contribution >= 0.6 is 24.0 Å². The van der Waals surface area contributed by atoms with Crippen LogP contribution in [0.1, 0.15) is 37.7 Å². The van der Waals surface area contributed by atoms with Gasteiger partial charge in [0.1, 0.15) is 6.54 Å². The molecular weight excluding hydrogens is 389 g/mol. The second kappa shape index (κ2) is 7.30. The van der Waals surface area contributed by atoms with Crippen molar-refractivity contribution in [2.45, 2.75) is 38.2 Å². The van der Waals surface area contributed by atoms with E-state index in [2.05, 4.69) is 14.0 Å². The summed E-state index contributed by atoms with van der Waals surface area (Å²) in [4.78, 5) is 12.6. The Morgan fingerprint density at radius 3 is 2.45 bits per heavy atom. The number of quaternary nitrogens is 1. The van der Waals surface area contributed by atoms with E-state index in [4.69, 9.17) is 4.74 Å². The van der Waals surface area contributed by atoms with Crippen LogP contribution in [0.2, 0.25) is 0 Å². The first-order valence-electron chi connectivity index (χ1n) is 8.20. The number of hydrogen-bond acceptors (Lipinski definition) is 2. The first-order valence-corrected chi connectivity index (χ1v) is 8.20. The van der Waals surface area contributed by atoms with Crippen molar-refractivity contribution in [1.82, 2.24) is 0 Å². The minimum absolute atomic E-state index is 0. The molecule has 3 heterocycles. The van der Waals surface area contributed by atoms with Gasteiger partial charge >= 0.3 is 5.97 Å². The Morgan fingerprint density at radius 2 is 1.91 bits per heavy atom. The molecule has 0 amide bonds. The third-order valence-electron chi connectivity index (χ3n) is 5.39. The number of halogens is 1. The van der Waals surface area contributed by atoms with Crippen LogP contribution in [0.15, 0.2) is 30.3 Å². The molecule has 0 aromatic heterocycles.